The van der Waals surface area contributed by atoms with Crippen LogP contribution in [0.1, 0.15) is 5.56 Å². The van der Waals surface area contributed by atoms with Gasteiger partial charge in [-0.2, -0.15) is 0 Å². The second-order valence-electron chi connectivity index (χ2n) is 4.91. The number of amides is 2. The summed E-state index contributed by atoms with van der Waals surface area (Å²) in [7, 11) is 0. The van der Waals surface area contributed by atoms with Crippen LogP contribution in [-0.4, -0.2) is 21.9 Å². The van der Waals surface area contributed by atoms with Crippen molar-refractivity contribution in [2.75, 3.05) is 4.90 Å². The minimum absolute atomic E-state index is 0.0502. The van der Waals surface area contributed by atoms with E-state index in [0.717, 1.165) is 11.3 Å². The van der Waals surface area contributed by atoms with Crippen LogP contribution >= 0.6 is 35.2 Å². The summed E-state index contributed by atoms with van der Waals surface area (Å²) in [6.45, 7) is 0. The Morgan fingerprint density at radius 2 is 1.96 bits per heavy atom. The van der Waals surface area contributed by atoms with Gasteiger partial charge >= 0.3 is 5.00 Å². The fourth-order valence-corrected chi connectivity index (χ4v) is 3.25. The van der Waals surface area contributed by atoms with Gasteiger partial charge in [0.25, 0.3) is 11.8 Å². The molecule has 1 aromatic carbocycles. The second-order valence-corrected chi connectivity index (χ2v) is 6.62. The van der Waals surface area contributed by atoms with E-state index in [0.29, 0.717) is 16.3 Å². The van der Waals surface area contributed by atoms with Gasteiger partial charge in [0.15, 0.2) is 5.11 Å². The number of rotatable bonds is 3. The van der Waals surface area contributed by atoms with Crippen molar-refractivity contribution in [3.05, 3.63) is 62.0 Å². The molecule has 0 atom stereocenters. The molecule has 0 unspecified atom stereocenters. The molecule has 0 aliphatic carbocycles. The maximum Gasteiger partial charge on any atom is 0.324 e. The van der Waals surface area contributed by atoms with Gasteiger partial charge in [-0.1, -0.05) is 22.9 Å². The minimum Gasteiger partial charge on any atom is -0.298 e. The summed E-state index contributed by atoms with van der Waals surface area (Å²) in [5, 5.41) is 15.0. The molecule has 126 valence electrons. The molecule has 0 saturated carbocycles. The predicted octanol–water partition coefficient (Wildman–Crippen LogP) is 3.14. The first-order valence-electron chi connectivity index (χ1n) is 6.77. The number of anilines is 1. The molecule has 1 N–H and O–H groups in total. The van der Waals surface area contributed by atoms with Crippen molar-refractivity contribution in [3.63, 3.8) is 0 Å². The molecule has 1 fully saturated rings. The zero-order chi connectivity index (χ0) is 18.1. The van der Waals surface area contributed by atoms with E-state index >= 15 is 0 Å². The Morgan fingerprint density at radius 3 is 2.56 bits per heavy atom. The molecule has 7 nitrogen and oxygen atoms in total. The molecular formula is C15H8ClN3O4S2. The van der Waals surface area contributed by atoms with Crippen molar-refractivity contribution < 1.29 is 14.5 Å². The lowest BCUT2D eigenvalue weighted by molar-refractivity contribution is -0.380. The maximum absolute atomic E-state index is 12.7. The lowest BCUT2D eigenvalue weighted by Gasteiger charge is -2.28. The van der Waals surface area contributed by atoms with Crippen LogP contribution in [0, 0.1) is 10.1 Å². The van der Waals surface area contributed by atoms with Crippen molar-refractivity contribution in [3.8, 4) is 0 Å². The Balaban J connectivity index is 1.98. The van der Waals surface area contributed by atoms with Crippen LogP contribution in [0.4, 0.5) is 10.7 Å². The largest absolute Gasteiger partial charge is 0.324 e. The van der Waals surface area contributed by atoms with Crippen molar-refractivity contribution in [2.24, 2.45) is 0 Å². The van der Waals surface area contributed by atoms with Gasteiger partial charge in [0.2, 0.25) is 0 Å². The van der Waals surface area contributed by atoms with Gasteiger partial charge in [-0.15, -0.1) is 0 Å². The Kier molecular flexibility index (Phi) is 4.62. The number of carbonyl (C=O) groups excluding carboxylic acids is 2. The molecule has 1 saturated heterocycles. The molecule has 2 amide bonds. The highest BCUT2D eigenvalue weighted by Crippen LogP contribution is 2.27. The number of thiophene rings is 1. The Hall–Kier alpha value is -2.62. The van der Waals surface area contributed by atoms with E-state index in [1.807, 2.05) is 0 Å². The van der Waals surface area contributed by atoms with Crippen LogP contribution < -0.4 is 10.2 Å². The van der Waals surface area contributed by atoms with Crippen LogP contribution in [0.2, 0.25) is 5.02 Å². The monoisotopic (exact) mass is 393 g/mol. The van der Waals surface area contributed by atoms with Crippen molar-refractivity contribution in [1.82, 2.24) is 5.32 Å². The molecule has 2 aromatic rings. The number of benzene rings is 1. The van der Waals surface area contributed by atoms with Gasteiger partial charge in [-0.3, -0.25) is 29.9 Å². The average Bonchev–Trinajstić information content (AvgIpc) is 3.02. The number of nitrogens with one attached hydrogen (secondary N) is 1. The zero-order valence-electron chi connectivity index (χ0n) is 12.3. The fourth-order valence-electron chi connectivity index (χ4n) is 2.16. The molecule has 3 rings (SSSR count). The third-order valence-corrected chi connectivity index (χ3v) is 4.72. The number of carbonyl (C=O) groups is 2. The van der Waals surface area contributed by atoms with Crippen LogP contribution in [0.25, 0.3) is 6.08 Å². The molecule has 2 heterocycles. The highest BCUT2D eigenvalue weighted by Gasteiger charge is 2.34. The zero-order valence-corrected chi connectivity index (χ0v) is 14.7. The van der Waals surface area contributed by atoms with Crippen molar-refractivity contribution in [1.29, 1.82) is 0 Å². The highest BCUT2D eigenvalue weighted by atomic mass is 35.5. The number of nitrogens with zero attached hydrogens (tertiary/aromatic N) is 2. The van der Waals surface area contributed by atoms with Crippen LogP contribution in [0.3, 0.4) is 0 Å². The van der Waals surface area contributed by atoms with Gasteiger partial charge in [0, 0.05) is 16.5 Å². The highest BCUT2D eigenvalue weighted by molar-refractivity contribution is 7.80. The van der Waals surface area contributed by atoms with E-state index in [-0.39, 0.29) is 15.7 Å². The first kappa shape index (κ1) is 17.2. The second kappa shape index (κ2) is 6.71. The number of nitro groups is 1. The minimum atomic E-state index is -0.658. The molecular weight excluding hydrogens is 386 g/mol. The Labute approximate surface area is 155 Å². The Morgan fingerprint density at radius 1 is 1.28 bits per heavy atom. The summed E-state index contributed by atoms with van der Waals surface area (Å²) < 4.78 is 0. The van der Waals surface area contributed by atoms with E-state index < -0.39 is 16.7 Å². The molecule has 0 radical (unpaired) electrons. The van der Waals surface area contributed by atoms with Crippen LogP contribution in [0.15, 0.2) is 41.3 Å². The third kappa shape index (κ3) is 3.43. The number of thiocarbonyl (C=S) groups is 1. The molecule has 0 bridgehead atoms. The lowest BCUT2D eigenvalue weighted by atomic mass is 10.1. The van der Waals surface area contributed by atoms with Crippen LogP contribution in [-0.2, 0) is 9.59 Å². The van der Waals surface area contributed by atoms with Crippen LogP contribution in [0.5, 0.6) is 0 Å². The first-order valence-corrected chi connectivity index (χ1v) is 8.43. The standard InChI is InChI=1S/C15H8ClN3O4S2/c16-9-1-3-10(4-2-9)18-14(21)11(13(20)17-15(18)24)5-8-6-12(19(22)23)25-7-8/h1-7H,(H,17,20,24)/b11-5+. The van der Waals surface area contributed by atoms with Gasteiger partial charge in [-0.05, 0) is 48.1 Å². The van der Waals surface area contributed by atoms with E-state index in [1.54, 1.807) is 24.3 Å². The molecule has 10 heteroatoms. The molecule has 25 heavy (non-hydrogen) atoms. The molecule has 1 aliphatic rings. The number of halogens is 1. The lowest BCUT2D eigenvalue weighted by Crippen LogP contribution is -2.54. The SMILES string of the molecule is O=C1NC(=S)N(c2ccc(Cl)cc2)C(=O)/C1=C/c1csc([N+](=O)[O-])c1. The van der Waals surface area contributed by atoms with E-state index in [9.17, 15) is 19.7 Å². The quantitative estimate of drug-likeness (QED) is 0.284. The van der Waals surface area contributed by atoms with Gasteiger partial charge in [-0.25, -0.2) is 0 Å². The molecule has 1 aromatic heterocycles. The summed E-state index contributed by atoms with van der Waals surface area (Å²) >= 11 is 11.8. The van der Waals surface area contributed by atoms with Gasteiger partial charge in [0.1, 0.15) is 5.57 Å². The van der Waals surface area contributed by atoms with E-state index in [1.165, 1.54) is 22.4 Å². The molecule has 0 spiro atoms. The normalized spacial score (nSPS) is 16.3. The Bertz CT molecular complexity index is 937. The summed E-state index contributed by atoms with van der Waals surface area (Å²) in [5.74, 6) is -1.28. The summed E-state index contributed by atoms with van der Waals surface area (Å²) in [6, 6.07) is 7.66. The number of hydrogen-bond donors (Lipinski definition) is 1. The third-order valence-electron chi connectivity index (χ3n) is 3.28. The number of hydrogen-bond acceptors (Lipinski definition) is 6. The van der Waals surface area contributed by atoms with Gasteiger partial charge in [0.05, 0.1) is 10.6 Å². The van der Waals surface area contributed by atoms with E-state index in [2.05, 4.69) is 5.32 Å². The van der Waals surface area contributed by atoms with E-state index in [4.69, 9.17) is 23.8 Å². The smallest absolute Gasteiger partial charge is 0.298 e. The topological polar surface area (TPSA) is 92.6 Å². The maximum atomic E-state index is 12.7. The van der Waals surface area contributed by atoms with Crippen molar-refractivity contribution in [2.45, 2.75) is 0 Å². The average molecular weight is 394 g/mol. The predicted molar refractivity (Wildman–Crippen MR) is 98.6 cm³/mol. The molecule has 1 aliphatic heterocycles. The first-order chi connectivity index (χ1) is 11.9. The summed E-state index contributed by atoms with van der Waals surface area (Å²) in [5.41, 5.74) is 0.664. The summed E-state index contributed by atoms with van der Waals surface area (Å²) in [4.78, 5) is 36.2. The fraction of sp³-hybridized carbons (Fsp3) is 0. The summed E-state index contributed by atoms with van der Waals surface area (Å²) in [6.07, 6.45) is 1.30. The van der Waals surface area contributed by atoms with Crippen molar-refractivity contribution >= 4 is 68.8 Å². The van der Waals surface area contributed by atoms with Gasteiger partial charge < -0.3 is 0 Å².